The van der Waals surface area contributed by atoms with E-state index in [2.05, 4.69) is 5.32 Å². The number of hydrogen-bond acceptors (Lipinski definition) is 4. The van der Waals surface area contributed by atoms with E-state index >= 15 is 0 Å². The van der Waals surface area contributed by atoms with Crippen molar-refractivity contribution in [2.45, 2.75) is 56.1 Å². The van der Waals surface area contributed by atoms with Gasteiger partial charge >= 0.3 is 0 Å². The second-order valence-electron chi connectivity index (χ2n) is 9.74. The van der Waals surface area contributed by atoms with Gasteiger partial charge in [0.25, 0.3) is 10.0 Å². The van der Waals surface area contributed by atoms with E-state index in [4.69, 9.17) is 34.8 Å². The summed E-state index contributed by atoms with van der Waals surface area (Å²) in [7, 11) is -4.19. The Kier molecular flexibility index (Phi) is 10.0. The first-order valence-electron chi connectivity index (χ1n) is 12.9. The minimum Gasteiger partial charge on any atom is -0.352 e. The fraction of sp³-hybridized carbons (Fsp3) is 0.310. The number of halogens is 3. The Balaban J connectivity index is 1.69. The molecule has 0 aromatic heterocycles. The number of rotatable bonds is 10. The van der Waals surface area contributed by atoms with Crippen molar-refractivity contribution in [2.75, 3.05) is 10.8 Å². The van der Waals surface area contributed by atoms with Crippen LogP contribution in [0.4, 0.5) is 5.69 Å². The number of sulfonamides is 1. The second-order valence-corrected chi connectivity index (χ2v) is 12.9. The van der Waals surface area contributed by atoms with Crippen molar-refractivity contribution in [1.29, 1.82) is 0 Å². The van der Waals surface area contributed by atoms with Gasteiger partial charge in [0.05, 0.1) is 20.6 Å². The van der Waals surface area contributed by atoms with Crippen LogP contribution in [0.5, 0.6) is 0 Å². The molecule has 0 spiro atoms. The van der Waals surface area contributed by atoms with Gasteiger partial charge in [0.15, 0.2) is 0 Å². The lowest BCUT2D eigenvalue weighted by molar-refractivity contribution is -0.139. The molecule has 0 aliphatic heterocycles. The molecule has 0 radical (unpaired) electrons. The Morgan fingerprint density at radius 1 is 0.925 bits per heavy atom. The second kappa shape index (κ2) is 13.3. The number of nitrogens with one attached hydrogen (secondary N) is 1. The van der Waals surface area contributed by atoms with Crippen molar-refractivity contribution in [3.63, 3.8) is 0 Å². The maximum absolute atomic E-state index is 14.0. The zero-order valence-corrected chi connectivity index (χ0v) is 25.0. The first-order chi connectivity index (χ1) is 19.1. The van der Waals surface area contributed by atoms with Gasteiger partial charge in [-0.3, -0.25) is 13.9 Å². The zero-order chi connectivity index (χ0) is 28.9. The highest BCUT2D eigenvalue weighted by molar-refractivity contribution is 7.92. The van der Waals surface area contributed by atoms with Crippen LogP contribution in [-0.4, -0.2) is 43.8 Å². The molecule has 1 atom stereocenters. The van der Waals surface area contributed by atoms with Gasteiger partial charge in [-0.15, -0.1) is 0 Å². The molecule has 40 heavy (non-hydrogen) atoms. The highest BCUT2D eigenvalue weighted by Crippen LogP contribution is 2.31. The molecular formula is C29H30Cl3N3O4S. The summed E-state index contributed by atoms with van der Waals surface area (Å²) in [6, 6.07) is 18.3. The number of carbonyl (C=O) groups excluding carboxylic acids is 2. The van der Waals surface area contributed by atoms with Crippen LogP contribution >= 0.6 is 34.8 Å². The molecular weight excluding hydrogens is 593 g/mol. The van der Waals surface area contributed by atoms with Crippen LogP contribution in [0.25, 0.3) is 0 Å². The summed E-state index contributed by atoms with van der Waals surface area (Å²) in [5.74, 6) is -0.867. The lowest BCUT2D eigenvalue weighted by Crippen LogP contribution is -2.52. The summed E-state index contributed by atoms with van der Waals surface area (Å²) < 4.78 is 28.6. The van der Waals surface area contributed by atoms with E-state index in [9.17, 15) is 18.0 Å². The fourth-order valence-corrected chi connectivity index (χ4v) is 6.63. The maximum atomic E-state index is 14.0. The van der Waals surface area contributed by atoms with Crippen molar-refractivity contribution < 1.29 is 18.0 Å². The average molecular weight is 623 g/mol. The van der Waals surface area contributed by atoms with Gasteiger partial charge in [0.2, 0.25) is 11.8 Å². The third kappa shape index (κ3) is 7.29. The normalized spacial score (nSPS) is 14.5. The van der Waals surface area contributed by atoms with Gasteiger partial charge in [-0.25, -0.2) is 8.42 Å². The van der Waals surface area contributed by atoms with Crippen molar-refractivity contribution >= 4 is 62.3 Å². The van der Waals surface area contributed by atoms with E-state index in [1.165, 1.54) is 35.2 Å². The van der Waals surface area contributed by atoms with E-state index < -0.39 is 28.5 Å². The van der Waals surface area contributed by atoms with Crippen molar-refractivity contribution in [1.82, 2.24) is 10.2 Å². The van der Waals surface area contributed by atoms with Crippen LogP contribution in [-0.2, 0) is 26.2 Å². The molecule has 2 amide bonds. The molecule has 7 nitrogen and oxygen atoms in total. The van der Waals surface area contributed by atoms with Crippen LogP contribution in [0.3, 0.4) is 0 Å². The Morgan fingerprint density at radius 2 is 1.62 bits per heavy atom. The predicted molar refractivity (Wildman–Crippen MR) is 159 cm³/mol. The van der Waals surface area contributed by atoms with Crippen LogP contribution in [0.15, 0.2) is 77.7 Å². The monoisotopic (exact) mass is 621 g/mol. The standard InChI is InChI=1S/C29H30Cl3N3O4S/c1-20(29(37)33-23-10-5-6-11-23)34(18-21-8-7-9-22(30)16-21)28(36)19-35(24-14-15-26(31)27(32)17-24)40(38,39)25-12-3-2-4-13-25/h2-4,7-9,12-17,20,23H,5-6,10-11,18-19H2,1H3,(H,33,37)/t20-/m0/s1. The lowest BCUT2D eigenvalue weighted by Gasteiger charge is -2.32. The largest absolute Gasteiger partial charge is 0.352 e. The average Bonchev–Trinajstić information content (AvgIpc) is 3.45. The number of nitrogens with zero attached hydrogens (tertiary/aromatic N) is 2. The molecule has 0 bridgehead atoms. The first kappa shape index (κ1) is 30.2. The fourth-order valence-electron chi connectivity index (χ4n) is 4.70. The predicted octanol–water partition coefficient (Wildman–Crippen LogP) is 6.32. The highest BCUT2D eigenvalue weighted by atomic mass is 35.5. The molecule has 1 N–H and O–H groups in total. The Morgan fingerprint density at radius 3 is 2.27 bits per heavy atom. The molecule has 11 heteroatoms. The number of amides is 2. The minimum atomic E-state index is -4.19. The quantitative estimate of drug-likeness (QED) is 0.287. The van der Waals surface area contributed by atoms with Gasteiger partial charge in [0.1, 0.15) is 12.6 Å². The molecule has 1 fully saturated rings. The smallest absolute Gasteiger partial charge is 0.264 e. The van der Waals surface area contributed by atoms with Gasteiger partial charge in [-0.2, -0.15) is 0 Å². The van der Waals surface area contributed by atoms with E-state index in [0.717, 1.165) is 30.0 Å². The Bertz CT molecular complexity index is 1460. The summed E-state index contributed by atoms with van der Waals surface area (Å²) in [6.07, 6.45) is 3.86. The first-order valence-corrected chi connectivity index (χ1v) is 15.5. The molecule has 1 saturated carbocycles. The zero-order valence-electron chi connectivity index (χ0n) is 21.9. The van der Waals surface area contributed by atoms with Gasteiger partial charge in [0, 0.05) is 17.6 Å². The van der Waals surface area contributed by atoms with Crippen LogP contribution in [0, 0.1) is 0 Å². The summed E-state index contributed by atoms with van der Waals surface area (Å²) in [6.45, 7) is 1.12. The molecule has 0 unspecified atom stereocenters. The third-order valence-corrected chi connectivity index (χ3v) is 9.67. The van der Waals surface area contributed by atoms with E-state index in [0.29, 0.717) is 10.6 Å². The number of carbonyl (C=O) groups is 2. The SMILES string of the molecule is C[C@@H](C(=O)NC1CCCC1)N(Cc1cccc(Cl)c1)C(=O)CN(c1ccc(Cl)c(Cl)c1)S(=O)(=O)c1ccccc1. The summed E-state index contributed by atoms with van der Waals surface area (Å²) in [5.41, 5.74) is 0.866. The summed E-state index contributed by atoms with van der Waals surface area (Å²) >= 11 is 18.5. The molecule has 0 heterocycles. The molecule has 4 rings (SSSR count). The van der Waals surface area contributed by atoms with Crippen LogP contribution < -0.4 is 9.62 Å². The molecule has 1 aliphatic carbocycles. The molecule has 3 aromatic rings. The lowest BCUT2D eigenvalue weighted by atomic mass is 10.1. The van der Waals surface area contributed by atoms with E-state index in [1.807, 2.05) is 0 Å². The number of hydrogen-bond donors (Lipinski definition) is 1. The van der Waals surface area contributed by atoms with Gasteiger partial charge < -0.3 is 10.2 Å². The van der Waals surface area contributed by atoms with Gasteiger partial charge in [-0.1, -0.05) is 78.0 Å². The Hall–Kier alpha value is -2.78. The van der Waals surface area contributed by atoms with E-state index in [1.54, 1.807) is 49.4 Å². The molecule has 212 valence electrons. The van der Waals surface area contributed by atoms with Crippen LogP contribution in [0.1, 0.15) is 38.2 Å². The third-order valence-electron chi connectivity index (χ3n) is 6.91. The van der Waals surface area contributed by atoms with Crippen molar-refractivity contribution in [3.05, 3.63) is 93.4 Å². The Labute approximate surface area is 250 Å². The van der Waals surface area contributed by atoms with Gasteiger partial charge in [-0.05, 0) is 67.8 Å². The summed E-state index contributed by atoms with van der Waals surface area (Å²) in [5, 5.41) is 3.91. The molecule has 1 aliphatic rings. The van der Waals surface area contributed by atoms with Crippen molar-refractivity contribution in [3.8, 4) is 0 Å². The highest BCUT2D eigenvalue weighted by Gasteiger charge is 2.33. The number of benzene rings is 3. The molecule has 0 saturated heterocycles. The number of anilines is 1. The van der Waals surface area contributed by atoms with Crippen LogP contribution in [0.2, 0.25) is 15.1 Å². The molecule has 3 aromatic carbocycles. The summed E-state index contributed by atoms with van der Waals surface area (Å²) in [4.78, 5) is 28.6. The topological polar surface area (TPSA) is 86.8 Å². The van der Waals surface area contributed by atoms with E-state index in [-0.39, 0.29) is 39.1 Å². The van der Waals surface area contributed by atoms with Crippen molar-refractivity contribution in [2.24, 2.45) is 0 Å². The maximum Gasteiger partial charge on any atom is 0.264 e. The minimum absolute atomic E-state index is 0.00212.